The summed E-state index contributed by atoms with van der Waals surface area (Å²) < 4.78 is 26.6. The summed E-state index contributed by atoms with van der Waals surface area (Å²) in [6.45, 7) is 6.23. The molecule has 158 valence electrons. The summed E-state index contributed by atoms with van der Waals surface area (Å²) in [5.74, 6) is 1.57. The SMILES string of the molecule is C#CCN1CCC(C(=O)NNC(=O)c2cccc(S(=O)(=O)N(CC)CC)c2)CC1. The number of carbonyl (C=O) groups excluding carboxylic acids is 2. The van der Waals surface area contributed by atoms with E-state index in [0.717, 1.165) is 13.1 Å². The van der Waals surface area contributed by atoms with E-state index in [0.29, 0.717) is 32.5 Å². The second-order valence-electron chi connectivity index (χ2n) is 6.82. The Labute approximate surface area is 172 Å². The van der Waals surface area contributed by atoms with Gasteiger partial charge in [0, 0.05) is 24.6 Å². The monoisotopic (exact) mass is 420 g/mol. The zero-order valence-electron chi connectivity index (χ0n) is 16.8. The van der Waals surface area contributed by atoms with E-state index >= 15 is 0 Å². The van der Waals surface area contributed by atoms with Gasteiger partial charge in [-0.2, -0.15) is 4.31 Å². The van der Waals surface area contributed by atoms with E-state index in [1.165, 1.54) is 28.6 Å². The van der Waals surface area contributed by atoms with Gasteiger partial charge in [0.1, 0.15) is 0 Å². The lowest BCUT2D eigenvalue weighted by molar-refractivity contribution is -0.127. The van der Waals surface area contributed by atoms with Crippen molar-refractivity contribution in [2.75, 3.05) is 32.7 Å². The molecule has 0 aromatic heterocycles. The van der Waals surface area contributed by atoms with Crippen molar-refractivity contribution < 1.29 is 18.0 Å². The second-order valence-corrected chi connectivity index (χ2v) is 8.75. The van der Waals surface area contributed by atoms with Gasteiger partial charge in [0.25, 0.3) is 5.91 Å². The third kappa shape index (κ3) is 5.79. The largest absolute Gasteiger partial charge is 0.292 e. The van der Waals surface area contributed by atoms with Gasteiger partial charge in [-0.3, -0.25) is 25.3 Å². The minimum absolute atomic E-state index is 0.0426. The van der Waals surface area contributed by atoms with E-state index in [1.54, 1.807) is 13.8 Å². The highest BCUT2D eigenvalue weighted by Gasteiger charge is 2.25. The van der Waals surface area contributed by atoms with Crippen molar-refractivity contribution in [3.05, 3.63) is 29.8 Å². The normalized spacial score (nSPS) is 15.7. The van der Waals surface area contributed by atoms with Gasteiger partial charge in [-0.25, -0.2) is 8.42 Å². The molecule has 2 N–H and O–H groups in total. The molecular formula is C20H28N4O4S. The van der Waals surface area contributed by atoms with E-state index in [4.69, 9.17) is 6.42 Å². The van der Waals surface area contributed by atoms with Crippen LogP contribution in [0.2, 0.25) is 0 Å². The van der Waals surface area contributed by atoms with Crippen molar-refractivity contribution in [3.8, 4) is 12.3 Å². The number of amides is 2. The standard InChI is InChI=1S/C20H28N4O4S/c1-4-12-23-13-10-16(11-14-23)19(25)21-22-20(26)17-8-7-9-18(15-17)29(27,28)24(5-2)6-3/h1,7-9,15-16H,5-6,10-14H2,2-3H3,(H,21,25)(H,22,26). The zero-order valence-corrected chi connectivity index (χ0v) is 17.7. The maximum absolute atomic E-state index is 12.6. The first kappa shape index (κ1) is 22.9. The van der Waals surface area contributed by atoms with Crippen molar-refractivity contribution in [3.63, 3.8) is 0 Å². The predicted octanol–water partition coefficient (Wildman–Crippen LogP) is 0.823. The molecular weight excluding hydrogens is 392 g/mol. The molecule has 0 radical (unpaired) electrons. The van der Waals surface area contributed by atoms with E-state index in [1.807, 2.05) is 0 Å². The Balaban J connectivity index is 1.96. The maximum Gasteiger partial charge on any atom is 0.269 e. The van der Waals surface area contributed by atoms with E-state index < -0.39 is 15.9 Å². The first-order valence-corrected chi connectivity index (χ1v) is 11.1. The number of hydrazine groups is 1. The first-order chi connectivity index (χ1) is 13.8. The summed E-state index contributed by atoms with van der Waals surface area (Å²) >= 11 is 0. The predicted molar refractivity (Wildman–Crippen MR) is 110 cm³/mol. The van der Waals surface area contributed by atoms with Gasteiger partial charge in [0.2, 0.25) is 15.9 Å². The minimum Gasteiger partial charge on any atom is -0.292 e. The van der Waals surface area contributed by atoms with Crippen molar-refractivity contribution in [2.24, 2.45) is 5.92 Å². The third-order valence-corrected chi connectivity index (χ3v) is 7.06. The highest BCUT2D eigenvalue weighted by atomic mass is 32.2. The molecule has 0 saturated carbocycles. The average molecular weight is 421 g/mol. The highest BCUT2D eigenvalue weighted by molar-refractivity contribution is 7.89. The van der Waals surface area contributed by atoms with Crippen LogP contribution in [0, 0.1) is 18.3 Å². The van der Waals surface area contributed by atoms with Crippen LogP contribution in [0.15, 0.2) is 29.2 Å². The van der Waals surface area contributed by atoms with Gasteiger partial charge in [0.15, 0.2) is 0 Å². The van der Waals surface area contributed by atoms with Gasteiger partial charge in [-0.1, -0.05) is 25.8 Å². The zero-order chi connectivity index (χ0) is 21.4. The lowest BCUT2D eigenvalue weighted by Gasteiger charge is -2.29. The number of hydrogen-bond donors (Lipinski definition) is 2. The van der Waals surface area contributed by atoms with Crippen LogP contribution >= 0.6 is 0 Å². The van der Waals surface area contributed by atoms with Crippen molar-refractivity contribution >= 4 is 21.8 Å². The van der Waals surface area contributed by atoms with Crippen LogP contribution in [-0.4, -0.2) is 62.2 Å². The van der Waals surface area contributed by atoms with Crippen molar-refractivity contribution in [1.82, 2.24) is 20.1 Å². The van der Waals surface area contributed by atoms with Crippen molar-refractivity contribution in [1.29, 1.82) is 0 Å². The topological polar surface area (TPSA) is 98.8 Å². The summed E-state index contributed by atoms with van der Waals surface area (Å²) in [6, 6.07) is 5.77. The van der Waals surface area contributed by atoms with Gasteiger partial charge in [-0.15, -0.1) is 6.42 Å². The Morgan fingerprint density at radius 2 is 1.86 bits per heavy atom. The summed E-state index contributed by atoms with van der Waals surface area (Å²) in [5, 5.41) is 0. The Bertz CT molecular complexity index is 867. The smallest absolute Gasteiger partial charge is 0.269 e. The van der Waals surface area contributed by atoms with Gasteiger partial charge in [-0.05, 0) is 44.1 Å². The molecule has 0 unspecified atom stereocenters. The molecule has 0 aliphatic carbocycles. The molecule has 8 nitrogen and oxygen atoms in total. The number of carbonyl (C=O) groups is 2. The molecule has 1 saturated heterocycles. The number of hydrogen-bond acceptors (Lipinski definition) is 5. The molecule has 0 bridgehead atoms. The number of sulfonamides is 1. The number of benzene rings is 1. The molecule has 29 heavy (non-hydrogen) atoms. The molecule has 1 aliphatic rings. The molecule has 0 spiro atoms. The summed E-state index contributed by atoms with van der Waals surface area (Å²) in [5.41, 5.74) is 4.97. The highest BCUT2D eigenvalue weighted by Crippen LogP contribution is 2.18. The Hall–Kier alpha value is -2.41. The molecule has 1 aromatic rings. The van der Waals surface area contributed by atoms with E-state index in [9.17, 15) is 18.0 Å². The summed E-state index contributed by atoms with van der Waals surface area (Å²) in [7, 11) is -3.67. The Morgan fingerprint density at radius 1 is 1.21 bits per heavy atom. The minimum atomic E-state index is -3.67. The molecule has 1 aromatic carbocycles. The van der Waals surface area contributed by atoms with Gasteiger partial charge >= 0.3 is 0 Å². The maximum atomic E-state index is 12.6. The van der Waals surface area contributed by atoms with Crippen LogP contribution in [0.4, 0.5) is 0 Å². The lowest BCUT2D eigenvalue weighted by atomic mass is 9.96. The molecule has 1 heterocycles. The first-order valence-electron chi connectivity index (χ1n) is 9.69. The van der Waals surface area contributed by atoms with Crippen LogP contribution in [0.1, 0.15) is 37.0 Å². The average Bonchev–Trinajstić information content (AvgIpc) is 2.73. The van der Waals surface area contributed by atoms with Crippen molar-refractivity contribution in [2.45, 2.75) is 31.6 Å². The fraction of sp³-hybridized carbons (Fsp3) is 0.500. The van der Waals surface area contributed by atoms with Crippen LogP contribution in [-0.2, 0) is 14.8 Å². The fourth-order valence-electron chi connectivity index (χ4n) is 3.29. The molecule has 0 atom stereocenters. The quantitative estimate of drug-likeness (QED) is 0.503. The van der Waals surface area contributed by atoms with E-state index in [2.05, 4.69) is 21.7 Å². The Kier molecular flexibility index (Phi) is 8.20. The summed E-state index contributed by atoms with van der Waals surface area (Å²) in [6.07, 6.45) is 6.64. The fourth-order valence-corrected chi connectivity index (χ4v) is 4.79. The number of likely N-dealkylation sites (tertiary alicyclic amines) is 1. The number of rotatable bonds is 7. The molecule has 1 aliphatic heterocycles. The second kappa shape index (κ2) is 10.4. The summed E-state index contributed by atoms with van der Waals surface area (Å²) in [4.78, 5) is 26.8. The molecule has 2 rings (SSSR count). The van der Waals surface area contributed by atoms with Crippen LogP contribution < -0.4 is 10.9 Å². The molecule has 1 fully saturated rings. The van der Waals surface area contributed by atoms with Gasteiger partial charge < -0.3 is 0 Å². The van der Waals surface area contributed by atoms with Crippen LogP contribution in [0.25, 0.3) is 0 Å². The third-order valence-electron chi connectivity index (χ3n) is 5.01. The number of nitrogens with one attached hydrogen (secondary N) is 2. The number of nitrogens with zero attached hydrogens (tertiary/aromatic N) is 2. The lowest BCUT2D eigenvalue weighted by Crippen LogP contribution is -2.47. The van der Waals surface area contributed by atoms with E-state index in [-0.39, 0.29) is 22.3 Å². The van der Waals surface area contributed by atoms with Crippen LogP contribution in [0.3, 0.4) is 0 Å². The number of piperidine rings is 1. The molecule has 9 heteroatoms. The Morgan fingerprint density at radius 3 is 2.45 bits per heavy atom. The molecule has 2 amide bonds. The number of terminal acetylenes is 1. The van der Waals surface area contributed by atoms with Crippen LogP contribution in [0.5, 0.6) is 0 Å². The van der Waals surface area contributed by atoms with Gasteiger partial charge in [0.05, 0.1) is 11.4 Å².